The van der Waals surface area contributed by atoms with Crippen molar-refractivity contribution in [3.05, 3.63) is 11.6 Å². The summed E-state index contributed by atoms with van der Waals surface area (Å²) in [7, 11) is 0. The van der Waals surface area contributed by atoms with Crippen molar-refractivity contribution in [2.75, 3.05) is 19.8 Å². The van der Waals surface area contributed by atoms with Crippen LogP contribution in [0.4, 0.5) is 0 Å². The van der Waals surface area contributed by atoms with Crippen LogP contribution in [0.25, 0.3) is 0 Å². The van der Waals surface area contributed by atoms with Crippen LogP contribution in [0.3, 0.4) is 0 Å². The number of allylic oxidation sites excluding steroid dienone is 1. The third kappa shape index (κ3) is 3.82. The normalized spacial score (nSPS) is 28.9. The first-order valence-electron chi connectivity index (χ1n) is 6.43. The molecule has 96 valence electrons. The summed E-state index contributed by atoms with van der Waals surface area (Å²) in [6, 6.07) is 0. The smallest absolute Gasteiger partial charge is 0.224 e. The molecular weight excluding hydrogens is 218 g/mol. The highest BCUT2D eigenvalue weighted by atomic mass is 16.5. The van der Waals surface area contributed by atoms with E-state index in [1.165, 1.54) is 18.4 Å². The van der Waals surface area contributed by atoms with Crippen LogP contribution >= 0.6 is 0 Å². The van der Waals surface area contributed by atoms with E-state index in [2.05, 4.69) is 11.4 Å². The van der Waals surface area contributed by atoms with Gasteiger partial charge in [-0.1, -0.05) is 11.6 Å². The molecule has 4 heteroatoms. The van der Waals surface area contributed by atoms with E-state index in [9.17, 15) is 9.90 Å². The van der Waals surface area contributed by atoms with Crippen LogP contribution in [0.1, 0.15) is 38.5 Å². The van der Waals surface area contributed by atoms with E-state index < -0.39 is 5.60 Å². The van der Waals surface area contributed by atoms with Crippen molar-refractivity contribution < 1.29 is 14.6 Å². The molecule has 0 radical (unpaired) electrons. The van der Waals surface area contributed by atoms with E-state index >= 15 is 0 Å². The van der Waals surface area contributed by atoms with Crippen molar-refractivity contribution in [3.63, 3.8) is 0 Å². The molecule has 0 spiro atoms. The molecule has 2 aliphatic rings. The van der Waals surface area contributed by atoms with E-state index in [0.29, 0.717) is 32.6 Å². The summed E-state index contributed by atoms with van der Waals surface area (Å²) in [6.45, 7) is 1.21. The summed E-state index contributed by atoms with van der Waals surface area (Å²) >= 11 is 0. The Hall–Kier alpha value is -0.870. The molecule has 17 heavy (non-hydrogen) atoms. The van der Waals surface area contributed by atoms with Crippen molar-refractivity contribution in [3.8, 4) is 0 Å². The third-order valence-electron chi connectivity index (χ3n) is 3.47. The average Bonchev–Trinajstić information content (AvgIpc) is 2.76. The highest BCUT2D eigenvalue weighted by molar-refractivity contribution is 5.78. The molecule has 1 saturated heterocycles. The molecular formula is C13H21NO3. The molecule has 1 fully saturated rings. The molecule has 1 aliphatic carbocycles. The van der Waals surface area contributed by atoms with Crippen LogP contribution in [-0.4, -0.2) is 36.4 Å². The SMILES string of the molecule is O=C(CC1=CCCCC1)NC[C@@]1(O)CCOC1. The van der Waals surface area contributed by atoms with Gasteiger partial charge in [0.1, 0.15) is 5.60 Å². The minimum atomic E-state index is -0.851. The summed E-state index contributed by atoms with van der Waals surface area (Å²) in [6.07, 6.45) is 7.84. The Labute approximate surface area is 102 Å². The van der Waals surface area contributed by atoms with Crippen LogP contribution in [0.2, 0.25) is 0 Å². The molecule has 1 heterocycles. The van der Waals surface area contributed by atoms with E-state index in [0.717, 1.165) is 12.8 Å². The number of amides is 1. The lowest BCUT2D eigenvalue weighted by Crippen LogP contribution is -2.43. The minimum Gasteiger partial charge on any atom is -0.386 e. The Balaban J connectivity index is 1.71. The zero-order valence-corrected chi connectivity index (χ0v) is 10.2. The highest BCUT2D eigenvalue weighted by Gasteiger charge is 2.32. The number of rotatable bonds is 4. The highest BCUT2D eigenvalue weighted by Crippen LogP contribution is 2.20. The molecule has 0 saturated carbocycles. The number of ether oxygens (including phenoxy) is 1. The summed E-state index contributed by atoms with van der Waals surface area (Å²) in [4.78, 5) is 11.7. The molecule has 0 bridgehead atoms. The number of carbonyl (C=O) groups is 1. The third-order valence-corrected chi connectivity index (χ3v) is 3.47. The van der Waals surface area contributed by atoms with Crippen molar-refractivity contribution in [1.82, 2.24) is 5.32 Å². The Morgan fingerprint density at radius 1 is 1.53 bits per heavy atom. The molecule has 1 amide bonds. The minimum absolute atomic E-state index is 0.0125. The standard InChI is InChI=1S/C13H21NO3/c15-12(8-11-4-2-1-3-5-11)14-9-13(16)6-7-17-10-13/h4,16H,1-3,5-10H2,(H,14,15)/t13-/m0/s1. The maximum Gasteiger partial charge on any atom is 0.224 e. The monoisotopic (exact) mass is 239 g/mol. The molecule has 0 aromatic rings. The Bertz CT molecular complexity index is 306. The summed E-state index contributed by atoms with van der Waals surface area (Å²) < 4.78 is 5.13. The first kappa shape index (κ1) is 12.6. The zero-order chi connectivity index (χ0) is 12.1. The fraction of sp³-hybridized carbons (Fsp3) is 0.769. The lowest BCUT2D eigenvalue weighted by Gasteiger charge is -2.21. The van der Waals surface area contributed by atoms with Crippen molar-refractivity contribution in [2.45, 2.75) is 44.1 Å². The van der Waals surface area contributed by atoms with Gasteiger partial charge in [-0.05, 0) is 25.7 Å². The number of hydrogen-bond donors (Lipinski definition) is 2. The van der Waals surface area contributed by atoms with Gasteiger partial charge in [0.25, 0.3) is 0 Å². The maximum atomic E-state index is 11.7. The summed E-state index contributed by atoms with van der Waals surface area (Å²) in [5.74, 6) is 0.0125. The molecule has 2 rings (SSSR count). The molecule has 0 aromatic carbocycles. The van der Waals surface area contributed by atoms with Crippen LogP contribution in [0, 0.1) is 0 Å². The topological polar surface area (TPSA) is 58.6 Å². The lowest BCUT2D eigenvalue weighted by atomic mass is 9.97. The second kappa shape index (κ2) is 5.65. The van der Waals surface area contributed by atoms with E-state index in [4.69, 9.17) is 4.74 Å². The van der Waals surface area contributed by atoms with Crippen LogP contribution in [0.15, 0.2) is 11.6 Å². The molecule has 2 N–H and O–H groups in total. The van der Waals surface area contributed by atoms with Crippen LogP contribution in [0.5, 0.6) is 0 Å². The number of carbonyl (C=O) groups excluding carboxylic acids is 1. The van der Waals surface area contributed by atoms with Gasteiger partial charge in [-0.2, -0.15) is 0 Å². The summed E-state index contributed by atoms with van der Waals surface area (Å²) in [5, 5.41) is 12.8. The second-order valence-corrected chi connectivity index (χ2v) is 5.09. The van der Waals surface area contributed by atoms with E-state index in [1.807, 2.05) is 0 Å². The van der Waals surface area contributed by atoms with E-state index in [1.54, 1.807) is 0 Å². The molecule has 4 nitrogen and oxygen atoms in total. The Morgan fingerprint density at radius 2 is 2.41 bits per heavy atom. The van der Waals surface area contributed by atoms with Crippen molar-refractivity contribution >= 4 is 5.91 Å². The van der Waals surface area contributed by atoms with Gasteiger partial charge in [-0.3, -0.25) is 4.79 Å². The molecule has 0 unspecified atom stereocenters. The van der Waals surface area contributed by atoms with Gasteiger partial charge in [0.2, 0.25) is 5.91 Å². The van der Waals surface area contributed by atoms with Crippen LogP contribution in [-0.2, 0) is 9.53 Å². The second-order valence-electron chi connectivity index (χ2n) is 5.09. The van der Waals surface area contributed by atoms with Crippen molar-refractivity contribution in [1.29, 1.82) is 0 Å². The van der Waals surface area contributed by atoms with E-state index in [-0.39, 0.29) is 5.91 Å². The fourth-order valence-electron chi connectivity index (χ4n) is 2.33. The first-order chi connectivity index (χ1) is 8.18. The predicted octanol–water partition coefficient (Wildman–Crippen LogP) is 1.14. The number of nitrogens with one attached hydrogen (secondary N) is 1. The summed E-state index contributed by atoms with van der Waals surface area (Å²) in [5.41, 5.74) is 0.389. The van der Waals surface area contributed by atoms with Gasteiger partial charge in [-0.25, -0.2) is 0 Å². The van der Waals surface area contributed by atoms with Gasteiger partial charge in [0.05, 0.1) is 6.61 Å². The average molecular weight is 239 g/mol. The number of aliphatic hydroxyl groups is 1. The van der Waals surface area contributed by atoms with Gasteiger partial charge in [-0.15, -0.1) is 0 Å². The Kier molecular flexibility index (Phi) is 4.18. The lowest BCUT2D eigenvalue weighted by molar-refractivity contribution is -0.121. The van der Waals surface area contributed by atoms with Gasteiger partial charge >= 0.3 is 0 Å². The Morgan fingerprint density at radius 3 is 3.06 bits per heavy atom. The largest absolute Gasteiger partial charge is 0.386 e. The zero-order valence-electron chi connectivity index (χ0n) is 10.2. The number of hydrogen-bond acceptors (Lipinski definition) is 3. The van der Waals surface area contributed by atoms with Gasteiger partial charge < -0.3 is 15.2 Å². The molecule has 1 aliphatic heterocycles. The van der Waals surface area contributed by atoms with Gasteiger partial charge in [0.15, 0.2) is 0 Å². The molecule has 1 atom stereocenters. The van der Waals surface area contributed by atoms with Crippen LogP contribution < -0.4 is 5.32 Å². The molecule has 0 aromatic heterocycles. The quantitative estimate of drug-likeness (QED) is 0.723. The van der Waals surface area contributed by atoms with Gasteiger partial charge in [0, 0.05) is 26.0 Å². The predicted molar refractivity (Wildman–Crippen MR) is 64.6 cm³/mol. The fourth-order valence-corrected chi connectivity index (χ4v) is 2.33. The maximum absolute atomic E-state index is 11.7. The first-order valence-corrected chi connectivity index (χ1v) is 6.43. The van der Waals surface area contributed by atoms with Crippen molar-refractivity contribution in [2.24, 2.45) is 0 Å².